The van der Waals surface area contributed by atoms with Crippen LogP contribution in [0.2, 0.25) is 0 Å². The second kappa shape index (κ2) is 8.01. The molecule has 0 aromatic heterocycles. The third-order valence-electron chi connectivity index (χ3n) is 3.64. The maximum Gasteiger partial charge on any atom is 0.371 e. The van der Waals surface area contributed by atoms with Gasteiger partial charge in [0.1, 0.15) is 5.75 Å². The lowest BCUT2D eigenvalue weighted by Crippen LogP contribution is -2.29. The van der Waals surface area contributed by atoms with Gasteiger partial charge in [0.05, 0.1) is 5.69 Å². The number of rotatable bonds is 5. The Morgan fingerprint density at radius 2 is 1.50 bits per heavy atom. The zero-order valence-corrected chi connectivity index (χ0v) is 15.1. The van der Waals surface area contributed by atoms with Gasteiger partial charge in [0.25, 0.3) is 11.8 Å². The predicted molar refractivity (Wildman–Crippen MR) is 101 cm³/mol. The van der Waals surface area contributed by atoms with E-state index in [0.717, 1.165) is 16.7 Å². The van der Waals surface area contributed by atoms with Gasteiger partial charge in [-0.2, -0.15) is 4.39 Å². The van der Waals surface area contributed by atoms with Crippen LogP contribution < -0.4 is 9.64 Å². The third kappa shape index (κ3) is 4.24. The van der Waals surface area contributed by atoms with Crippen LogP contribution in [0.5, 0.6) is 5.75 Å². The van der Waals surface area contributed by atoms with Gasteiger partial charge in [-0.15, -0.1) is 0 Å². The summed E-state index contributed by atoms with van der Waals surface area (Å²) in [7, 11) is 0. The van der Waals surface area contributed by atoms with Gasteiger partial charge in [0, 0.05) is 22.6 Å². The molecule has 2 amide bonds. The van der Waals surface area contributed by atoms with E-state index in [9.17, 15) is 23.6 Å². The summed E-state index contributed by atoms with van der Waals surface area (Å²) >= 11 is 0.939. The van der Waals surface area contributed by atoms with Crippen LogP contribution in [0.3, 0.4) is 0 Å². The molecule has 6 nitrogen and oxygen atoms in total. The standard InChI is InChI=1S/C20H12FNO5S/c1-12(21)19(25)27-15-6-8-16(9-7-15)28-20(26)13-2-4-14(5-3-13)22-17(23)10-11-18(22)24/h2-11H,1H2. The van der Waals surface area contributed by atoms with Gasteiger partial charge in [0.15, 0.2) is 0 Å². The number of hydrogen-bond donors (Lipinski definition) is 0. The number of thioether (sulfide) groups is 1. The lowest BCUT2D eigenvalue weighted by atomic mass is 10.2. The minimum atomic E-state index is -1.20. The second-order valence-corrected chi connectivity index (χ2v) is 6.59. The molecule has 0 N–H and O–H groups in total. The molecule has 1 aliphatic rings. The van der Waals surface area contributed by atoms with Crippen molar-refractivity contribution in [3.05, 3.63) is 78.7 Å². The Labute approximate surface area is 163 Å². The van der Waals surface area contributed by atoms with Gasteiger partial charge in [-0.1, -0.05) is 6.58 Å². The monoisotopic (exact) mass is 397 g/mol. The summed E-state index contributed by atoms with van der Waals surface area (Å²) in [5.74, 6) is -3.13. The highest BCUT2D eigenvalue weighted by Gasteiger charge is 2.25. The van der Waals surface area contributed by atoms with Crippen LogP contribution in [0.1, 0.15) is 10.4 Å². The normalized spacial score (nSPS) is 13.0. The maximum absolute atomic E-state index is 12.6. The van der Waals surface area contributed by atoms with Gasteiger partial charge in [0.2, 0.25) is 10.9 Å². The fourth-order valence-corrected chi connectivity index (χ4v) is 3.05. The Kier molecular flexibility index (Phi) is 5.51. The number of benzene rings is 2. The van der Waals surface area contributed by atoms with Crippen molar-refractivity contribution in [3.63, 3.8) is 0 Å². The van der Waals surface area contributed by atoms with Crippen molar-refractivity contribution >= 4 is 40.3 Å². The highest BCUT2D eigenvalue weighted by Crippen LogP contribution is 2.27. The number of ether oxygens (including phenoxy) is 1. The van der Waals surface area contributed by atoms with Crippen LogP contribution in [0, 0.1) is 0 Å². The number of amides is 2. The van der Waals surface area contributed by atoms with E-state index in [1.165, 1.54) is 48.6 Å². The Morgan fingerprint density at radius 1 is 0.929 bits per heavy atom. The number of halogens is 1. The van der Waals surface area contributed by atoms with Crippen molar-refractivity contribution in [1.82, 2.24) is 0 Å². The summed E-state index contributed by atoms with van der Waals surface area (Å²) in [4.78, 5) is 48.4. The van der Waals surface area contributed by atoms with Gasteiger partial charge in [-0.05, 0) is 60.3 Å². The van der Waals surface area contributed by atoms with Gasteiger partial charge >= 0.3 is 5.97 Å². The predicted octanol–water partition coefficient (Wildman–Crippen LogP) is 3.44. The average Bonchev–Trinajstić information content (AvgIpc) is 3.01. The van der Waals surface area contributed by atoms with Crippen molar-refractivity contribution in [2.45, 2.75) is 4.90 Å². The molecule has 2 aromatic carbocycles. The first-order valence-corrected chi connectivity index (χ1v) is 8.72. The fourth-order valence-electron chi connectivity index (χ4n) is 2.31. The van der Waals surface area contributed by atoms with E-state index in [-0.39, 0.29) is 10.9 Å². The first-order chi connectivity index (χ1) is 13.3. The van der Waals surface area contributed by atoms with Crippen molar-refractivity contribution in [3.8, 4) is 5.75 Å². The molecule has 0 bridgehead atoms. The van der Waals surface area contributed by atoms with Crippen LogP contribution in [0.15, 0.2) is 78.0 Å². The van der Waals surface area contributed by atoms with Gasteiger partial charge < -0.3 is 4.74 Å². The molecule has 3 rings (SSSR count). The van der Waals surface area contributed by atoms with Crippen LogP contribution in [-0.4, -0.2) is 22.9 Å². The molecule has 1 heterocycles. The van der Waals surface area contributed by atoms with Gasteiger partial charge in [-0.25, -0.2) is 9.69 Å². The number of carbonyl (C=O) groups excluding carboxylic acids is 4. The van der Waals surface area contributed by atoms with Crippen molar-refractivity contribution in [2.75, 3.05) is 4.90 Å². The smallest absolute Gasteiger partial charge is 0.371 e. The number of imide groups is 1. The molecule has 0 aliphatic carbocycles. The topological polar surface area (TPSA) is 80.8 Å². The lowest BCUT2D eigenvalue weighted by Gasteiger charge is -2.13. The van der Waals surface area contributed by atoms with Crippen molar-refractivity contribution in [1.29, 1.82) is 0 Å². The molecular weight excluding hydrogens is 385 g/mol. The quantitative estimate of drug-likeness (QED) is 0.253. The molecule has 0 unspecified atom stereocenters. The zero-order valence-electron chi connectivity index (χ0n) is 14.3. The van der Waals surface area contributed by atoms with E-state index >= 15 is 0 Å². The number of esters is 1. The average molecular weight is 397 g/mol. The van der Waals surface area contributed by atoms with E-state index in [0.29, 0.717) is 16.1 Å². The highest BCUT2D eigenvalue weighted by molar-refractivity contribution is 8.14. The van der Waals surface area contributed by atoms with Crippen LogP contribution in [0.25, 0.3) is 0 Å². The SMILES string of the molecule is C=C(F)C(=O)Oc1ccc(SC(=O)c2ccc(N3C(=O)C=CC3=O)cc2)cc1. The summed E-state index contributed by atoms with van der Waals surface area (Å²) < 4.78 is 17.4. The molecule has 0 fully saturated rings. The molecule has 0 saturated carbocycles. The van der Waals surface area contributed by atoms with Crippen LogP contribution in [0.4, 0.5) is 10.1 Å². The number of anilines is 1. The second-order valence-electron chi connectivity index (χ2n) is 5.55. The van der Waals surface area contributed by atoms with Crippen LogP contribution >= 0.6 is 11.8 Å². The highest BCUT2D eigenvalue weighted by atomic mass is 32.2. The first kappa shape index (κ1) is 19.2. The minimum Gasteiger partial charge on any atom is -0.421 e. The first-order valence-electron chi connectivity index (χ1n) is 7.90. The largest absolute Gasteiger partial charge is 0.421 e. The summed E-state index contributed by atoms with van der Waals surface area (Å²) in [5.41, 5.74) is 0.757. The molecule has 140 valence electrons. The molecule has 0 spiro atoms. The van der Waals surface area contributed by atoms with Crippen molar-refractivity contribution < 1.29 is 28.3 Å². The molecule has 0 saturated heterocycles. The lowest BCUT2D eigenvalue weighted by molar-refractivity contribution is -0.131. The molecule has 0 atom stereocenters. The van der Waals surface area contributed by atoms with E-state index in [2.05, 4.69) is 6.58 Å². The van der Waals surface area contributed by atoms with Gasteiger partial charge in [-0.3, -0.25) is 14.4 Å². The van der Waals surface area contributed by atoms with E-state index in [1.807, 2.05) is 0 Å². The molecule has 1 aliphatic heterocycles. The van der Waals surface area contributed by atoms with E-state index < -0.39 is 23.6 Å². The van der Waals surface area contributed by atoms with E-state index in [4.69, 9.17) is 4.74 Å². The summed E-state index contributed by atoms with van der Waals surface area (Å²) in [6, 6.07) is 12.0. The molecule has 0 radical (unpaired) electrons. The zero-order chi connectivity index (χ0) is 20.3. The third-order valence-corrected chi connectivity index (χ3v) is 4.57. The maximum atomic E-state index is 12.6. The van der Waals surface area contributed by atoms with Crippen LogP contribution in [-0.2, 0) is 14.4 Å². The summed E-state index contributed by atoms with van der Waals surface area (Å²) in [6.45, 7) is 2.85. The molecule has 28 heavy (non-hydrogen) atoms. The van der Waals surface area contributed by atoms with E-state index in [1.54, 1.807) is 12.1 Å². The number of nitrogens with zero attached hydrogens (tertiary/aromatic N) is 1. The summed E-state index contributed by atoms with van der Waals surface area (Å²) in [6.07, 6.45) is 2.36. The molecule has 8 heteroatoms. The Morgan fingerprint density at radius 3 is 2.04 bits per heavy atom. The number of hydrogen-bond acceptors (Lipinski definition) is 6. The Hall–Kier alpha value is -3.52. The minimum absolute atomic E-state index is 0.124. The Balaban J connectivity index is 1.65. The molecule has 2 aromatic rings. The summed E-state index contributed by atoms with van der Waals surface area (Å²) in [5, 5.41) is -0.259. The molecular formula is C20H12FNO5S. The fraction of sp³-hybridized carbons (Fsp3) is 0. The number of carbonyl (C=O) groups is 4. The Bertz CT molecular complexity index is 994. The van der Waals surface area contributed by atoms with Crippen molar-refractivity contribution in [2.24, 2.45) is 0 Å².